The Morgan fingerprint density at radius 1 is 1.10 bits per heavy atom. The van der Waals surface area contributed by atoms with E-state index in [1.165, 1.54) is 19.3 Å². The molecule has 4 rings (SSSR count). The molecule has 3 aliphatic rings. The number of ether oxygens (including phenoxy) is 1. The third kappa shape index (κ3) is 4.64. The van der Waals surface area contributed by atoms with Gasteiger partial charge in [-0.3, -0.25) is 4.48 Å². The van der Waals surface area contributed by atoms with Crippen LogP contribution < -0.4 is 5.32 Å². The molecule has 2 saturated heterocycles. The van der Waals surface area contributed by atoms with Crippen molar-refractivity contribution in [1.29, 1.82) is 0 Å². The van der Waals surface area contributed by atoms with Crippen molar-refractivity contribution in [2.75, 3.05) is 32.8 Å². The zero-order chi connectivity index (χ0) is 21.2. The molecule has 1 amide bonds. The number of nitrogens with one attached hydrogen (secondary N) is 1. The van der Waals surface area contributed by atoms with Gasteiger partial charge < -0.3 is 15.2 Å². The van der Waals surface area contributed by atoms with Crippen molar-refractivity contribution in [2.24, 2.45) is 5.92 Å². The molecule has 3 fully saturated rings. The summed E-state index contributed by atoms with van der Waals surface area (Å²) < 4.78 is 6.91. The second-order valence-electron chi connectivity index (χ2n) is 10.3. The van der Waals surface area contributed by atoms with Crippen LogP contribution in [0.3, 0.4) is 0 Å². The molecule has 0 spiro atoms. The lowest BCUT2D eigenvalue weighted by Gasteiger charge is -2.48. The normalized spacial score (nSPS) is 28.8. The number of rotatable bonds is 6. The SMILES string of the molecule is CC(C)(O)c1ccc(C(=O)[N+]2(C3CCNCC3)CCCC(OCC3CCC3)C2)cc1. The Morgan fingerprint density at radius 2 is 1.80 bits per heavy atom. The van der Waals surface area contributed by atoms with E-state index in [1.807, 2.05) is 24.3 Å². The molecule has 0 bridgehead atoms. The molecule has 1 aromatic rings. The number of carbonyl (C=O) groups excluding carboxylic acids is 1. The van der Waals surface area contributed by atoms with Gasteiger partial charge in [-0.25, -0.2) is 4.79 Å². The van der Waals surface area contributed by atoms with Gasteiger partial charge in [-0.15, -0.1) is 0 Å². The molecule has 1 aliphatic carbocycles. The summed E-state index contributed by atoms with van der Waals surface area (Å²) in [6.45, 7) is 8.13. The van der Waals surface area contributed by atoms with Crippen molar-refractivity contribution in [3.05, 3.63) is 35.4 Å². The molecular weight excluding hydrogens is 376 g/mol. The monoisotopic (exact) mass is 415 g/mol. The summed E-state index contributed by atoms with van der Waals surface area (Å²) in [6.07, 6.45) is 8.34. The number of quaternary nitrogens is 1. The number of aliphatic hydroxyl groups is 1. The van der Waals surface area contributed by atoms with E-state index in [1.54, 1.807) is 13.8 Å². The summed E-state index contributed by atoms with van der Waals surface area (Å²) in [5.41, 5.74) is 0.711. The quantitative estimate of drug-likeness (QED) is 0.697. The Kier molecular flexibility index (Phi) is 6.64. The van der Waals surface area contributed by atoms with E-state index >= 15 is 0 Å². The van der Waals surface area contributed by atoms with Gasteiger partial charge in [0.2, 0.25) is 0 Å². The molecule has 5 nitrogen and oxygen atoms in total. The summed E-state index contributed by atoms with van der Waals surface area (Å²) >= 11 is 0. The summed E-state index contributed by atoms with van der Waals surface area (Å²) in [6, 6.07) is 8.00. The minimum atomic E-state index is -0.894. The maximum Gasteiger partial charge on any atom is 0.346 e. The van der Waals surface area contributed by atoms with Crippen LogP contribution in [0.2, 0.25) is 0 Å². The Bertz CT molecular complexity index is 717. The van der Waals surface area contributed by atoms with E-state index in [-0.39, 0.29) is 12.0 Å². The first-order valence-electron chi connectivity index (χ1n) is 12.0. The van der Waals surface area contributed by atoms with Crippen molar-refractivity contribution in [1.82, 2.24) is 5.32 Å². The van der Waals surface area contributed by atoms with Crippen LogP contribution in [0.1, 0.15) is 74.7 Å². The lowest BCUT2D eigenvalue weighted by atomic mass is 9.86. The highest BCUT2D eigenvalue weighted by Gasteiger charge is 2.48. The van der Waals surface area contributed by atoms with Crippen molar-refractivity contribution in [2.45, 2.75) is 76.5 Å². The van der Waals surface area contributed by atoms with Crippen molar-refractivity contribution < 1.29 is 19.1 Å². The van der Waals surface area contributed by atoms with E-state index in [9.17, 15) is 9.90 Å². The fourth-order valence-corrected chi connectivity index (χ4v) is 5.48. The van der Waals surface area contributed by atoms with Crippen LogP contribution in [-0.2, 0) is 10.3 Å². The fraction of sp³-hybridized carbons (Fsp3) is 0.720. The molecule has 0 radical (unpaired) electrons. The van der Waals surface area contributed by atoms with E-state index in [2.05, 4.69) is 5.32 Å². The van der Waals surface area contributed by atoms with Crippen LogP contribution in [0.15, 0.2) is 24.3 Å². The van der Waals surface area contributed by atoms with Gasteiger partial charge in [0.05, 0.1) is 30.4 Å². The molecular formula is C25H39N2O3+. The van der Waals surface area contributed by atoms with E-state index in [4.69, 9.17) is 4.74 Å². The van der Waals surface area contributed by atoms with Crippen LogP contribution in [0.4, 0.5) is 0 Å². The van der Waals surface area contributed by atoms with Gasteiger partial charge in [-0.05, 0) is 63.1 Å². The van der Waals surface area contributed by atoms with E-state index < -0.39 is 5.60 Å². The number of hydrogen-bond donors (Lipinski definition) is 2. The molecule has 2 atom stereocenters. The number of nitrogens with zero attached hydrogens (tertiary/aromatic N) is 1. The minimum absolute atomic E-state index is 0.189. The average molecular weight is 416 g/mol. The Labute approximate surface area is 181 Å². The smallest absolute Gasteiger partial charge is 0.346 e. The van der Waals surface area contributed by atoms with Crippen molar-refractivity contribution in [3.8, 4) is 0 Å². The minimum Gasteiger partial charge on any atom is -0.386 e. The van der Waals surface area contributed by atoms with Gasteiger partial charge in [-0.2, -0.15) is 0 Å². The molecule has 30 heavy (non-hydrogen) atoms. The van der Waals surface area contributed by atoms with Crippen molar-refractivity contribution >= 4 is 5.91 Å². The maximum atomic E-state index is 14.0. The number of benzene rings is 1. The summed E-state index contributed by atoms with van der Waals surface area (Å²) in [7, 11) is 0. The van der Waals surface area contributed by atoms with E-state index in [0.717, 1.165) is 75.5 Å². The molecule has 2 aliphatic heterocycles. The number of hydrogen-bond acceptors (Lipinski definition) is 4. The molecule has 2 N–H and O–H groups in total. The summed E-state index contributed by atoms with van der Waals surface area (Å²) in [5, 5.41) is 13.7. The lowest BCUT2D eigenvalue weighted by molar-refractivity contribution is -0.884. The predicted molar refractivity (Wildman–Crippen MR) is 118 cm³/mol. The van der Waals surface area contributed by atoms with Gasteiger partial charge >= 0.3 is 5.91 Å². The van der Waals surface area contributed by atoms with Gasteiger partial charge in [-0.1, -0.05) is 18.6 Å². The fourth-order valence-electron chi connectivity index (χ4n) is 5.48. The molecule has 5 heteroatoms. The van der Waals surface area contributed by atoms with E-state index in [0.29, 0.717) is 10.5 Å². The molecule has 2 heterocycles. The molecule has 1 saturated carbocycles. The standard InChI is InChI=1S/C25H39N2O3/c1-25(2,29)21-10-8-20(9-11-21)24(28)27(22-12-14-26-15-13-22)16-4-7-23(17-27)30-18-19-5-3-6-19/h8-11,19,22-23,26,29H,3-7,12-18H2,1-2H3/q+1. The van der Waals surface area contributed by atoms with Gasteiger partial charge in [0.1, 0.15) is 12.6 Å². The average Bonchev–Trinajstić information content (AvgIpc) is 2.72. The highest BCUT2D eigenvalue weighted by molar-refractivity contribution is 5.89. The van der Waals surface area contributed by atoms with Gasteiger partial charge in [0.25, 0.3) is 0 Å². The Balaban J connectivity index is 1.56. The number of piperidine rings is 2. The van der Waals surface area contributed by atoms with Crippen LogP contribution in [0.25, 0.3) is 0 Å². The predicted octanol–water partition coefficient (Wildman–Crippen LogP) is 3.60. The summed E-state index contributed by atoms with van der Waals surface area (Å²) in [4.78, 5) is 14.0. The van der Waals surface area contributed by atoms with Crippen LogP contribution in [0.5, 0.6) is 0 Å². The highest BCUT2D eigenvalue weighted by atomic mass is 16.5. The van der Waals surface area contributed by atoms with Crippen molar-refractivity contribution in [3.63, 3.8) is 0 Å². The first kappa shape index (κ1) is 21.9. The number of amides is 1. The largest absolute Gasteiger partial charge is 0.386 e. The maximum absolute atomic E-state index is 14.0. The lowest BCUT2D eigenvalue weighted by Crippen LogP contribution is -2.66. The molecule has 1 aromatic carbocycles. The zero-order valence-electron chi connectivity index (χ0n) is 18.7. The number of carbonyl (C=O) groups is 1. The highest BCUT2D eigenvalue weighted by Crippen LogP contribution is 2.34. The first-order chi connectivity index (χ1) is 14.4. The van der Waals surface area contributed by atoms with Crippen LogP contribution in [0, 0.1) is 5.92 Å². The third-order valence-corrected chi connectivity index (χ3v) is 7.66. The molecule has 0 aromatic heterocycles. The van der Waals surface area contributed by atoms with Gasteiger partial charge in [0, 0.05) is 25.9 Å². The topological polar surface area (TPSA) is 58.6 Å². The molecule has 2 unspecified atom stereocenters. The number of likely N-dealkylation sites (tertiary alicyclic amines) is 1. The Morgan fingerprint density at radius 3 is 2.40 bits per heavy atom. The van der Waals surface area contributed by atoms with Crippen LogP contribution in [-0.4, -0.2) is 60.4 Å². The first-order valence-corrected chi connectivity index (χ1v) is 12.0. The Hall–Kier alpha value is -1.27. The second-order valence-corrected chi connectivity index (χ2v) is 10.3. The van der Waals surface area contributed by atoms with Crippen LogP contribution >= 0.6 is 0 Å². The zero-order valence-corrected chi connectivity index (χ0v) is 18.7. The summed E-state index contributed by atoms with van der Waals surface area (Å²) in [5.74, 6) is 0.971. The third-order valence-electron chi connectivity index (χ3n) is 7.66. The van der Waals surface area contributed by atoms with Gasteiger partial charge in [0.15, 0.2) is 0 Å². The molecule has 166 valence electrons. The second kappa shape index (κ2) is 9.07.